The van der Waals surface area contributed by atoms with Crippen LogP contribution in [0.15, 0.2) is 12.3 Å². The van der Waals surface area contributed by atoms with Gasteiger partial charge >= 0.3 is 0 Å². The van der Waals surface area contributed by atoms with E-state index in [4.69, 9.17) is 11.6 Å². The van der Waals surface area contributed by atoms with Crippen LogP contribution in [0.1, 0.15) is 49.4 Å². The number of pyridine rings is 1. The molecular formula is C15H22ClN3O. The molecule has 1 heterocycles. The van der Waals surface area contributed by atoms with Crippen LogP contribution in [0, 0.1) is 5.92 Å². The zero-order valence-corrected chi connectivity index (χ0v) is 12.8. The van der Waals surface area contributed by atoms with Crippen molar-refractivity contribution in [2.75, 3.05) is 12.4 Å². The number of rotatable bonds is 4. The molecule has 1 aromatic heterocycles. The van der Waals surface area contributed by atoms with Crippen LogP contribution in [0.4, 0.5) is 5.82 Å². The van der Waals surface area contributed by atoms with Gasteiger partial charge in [0.25, 0.3) is 5.91 Å². The highest BCUT2D eigenvalue weighted by atomic mass is 35.5. The number of nitrogens with one attached hydrogen (secondary N) is 2. The fraction of sp³-hybridized carbons (Fsp3) is 0.600. The molecule has 2 atom stereocenters. The second-order valence-electron chi connectivity index (χ2n) is 5.42. The Morgan fingerprint density at radius 3 is 2.95 bits per heavy atom. The summed E-state index contributed by atoms with van der Waals surface area (Å²) in [6.45, 7) is 2.22. The summed E-state index contributed by atoms with van der Waals surface area (Å²) in [6, 6.07) is 1.94. The second kappa shape index (κ2) is 6.93. The van der Waals surface area contributed by atoms with Gasteiger partial charge in [0, 0.05) is 19.3 Å². The van der Waals surface area contributed by atoms with Gasteiger partial charge in [0.15, 0.2) is 0 Å². The molecule has 1 aliphatic rings. The highest BCUT2D eigenvalue weighted by Crippen LogP contribution is 2.27. The standard InChI is InChI=1S/C15H22ClN3O/c1-3-10-5-4-6-12(7-10)19-15(20)11-8-13(16)14(17-2)18-9-11/h8-10,12H,3-7H2,1-2H3,(H,17,18)(H,19,20). The molecule has 5 heteroatoms. The first-order chi connectivity index (χ1) is 9.63. The number of amides is 1. The molecule has 2 unspecified atom stereocenters. The number of hydrogen-bond donors (Lipinski definition) is 2. The molecule has 110 valence electrons. The van der Waals surface area contributed by atoms with E-state index in [1.807, 2.05) is 0 Å². The van der Waals surface area contributed by atoms with E-state index >= 15 is 0 Å². The van der Waals surface area contributed by atoms with Crippen molar-refractivity contribution in [3.8, 4) is 0 Å². The average Bonchev–Trinajstić information content (AvgIpc) is 2.47. The number of anilines is 1. The number of halogens is 1. The number of carbonyl (C=O) groups excluding carboxylic acids is 1. The predicted octanol–water partition coefficient (Wildman–Crippen LogP) is 3.48. The van der Waals surface area contributed by atoms with E-state index in [0.29, 0.717) is 16.4 Å². The first-order valence-electron chi connectivity index (χ1n) is 7.28. The van der Waals surface area contributed by atoms with Crippen LogP contribution >= 0.6 is 11.6 Å². The highest BCUT2D eigenvalue weighted by Gasteiger charge is 2.22. The zero-order valence-electron chi connectivity index (χ0n) is 12.1. The van der Waals surface area contributed by atoms with Gasteiger partial charge in [-0.25, -0.2) is 4.98 Å². The van der Waals surface area contributed by atoms with Gasteiger partial charge in [-0.1, -0.05) is 37.8 Å². The van der Waals surface area contributed by atoms with Crippen LogP contribution < -0.4 is 10.6 Å². The summed E-state index contributed by atoms with van der Waals surface area (Å²) in [5.74, 6) is 1.25. The van der Waals surface area contributed by atoms with Crippen LogP contribution in [0.2, 0.25) is 5.02 Å². The molecule has 0 spiro atoms. The molecule has 0 saturated heterocycles. The molecule has 0 aliphatic heterocycles. The monoisotopic (exact) mass is 295 g/mol. The molecule has 20 heavy (non-hydrogen) atoms. The van der Waals surface area contributed by atoms with Crippen molar-refractivity contribution in [2.45, 2.75) is 45.1 Å². The summed E-state index contributed by atoms with van der Waals surface area (Å²) in [4.78, 5) is 16.4. The van der Waals surface area contributed by atoms with Crippen LogP contribution in [-0.2, 0) is 0 Å². The molecular weight excluding hydrogens is 274 g/mol. The molecule has 2 N–H and O–H groups in total. The van der Waals surface area contributed by atoms with Crippen molar-refractivity contribution in [3.05, 3.63) is 22.8 Å². The Morgan fingerprint density at radius 2 is 2.30 bits per heavy atom. The van der Waals surface area contributed by atoms with Gasteiger partial charge < -0.3 is 10.6 Å². The van der Waals surface area contributed by atoms with E-state index in [9.17, 15) is 4.79 Å². The van der Waals surface area contributed by atoms with Gasteiger partial charge in [-0.3, -0.25) is 4.79 Å². The Labute approximate surface area is 125 Å². The summed E-state index contributed by atoms with van der Waals surface area (Å²) in [6.07, 6.45) is 7.38. The molecule has 1 aromatic rings. The maximum atomic E-state index is 12.2. The minimum atomic E-state index is -0.0798. The first kappa shape index (κ1) is 15.1. The Kier molecular flexibility index (Phi) is 5.24. The molecule has 1 saturated carbocycles. The summed E-state index contributed by atoms with van der Waals surface area (Å²) >= 11 is 6.06. The van der Waals surface area contributed by atoms with E-state index in [1.165, 1.54) is 19.3 Å². The summed E-state index contributed by atoms with van der Waals surface area (Å²) < 4.78 is 0. The van der Waals surface area contributed by atoms with E-state index in [-0.39, 0.29) is 11.9 Å². The topological polar surface area (TPSA) is 54.0 Å². The molecule has 1 fully saturated rings. The van der Waals surface area contributed by atoms with Gasteiger partial charge in [0.05, 0.1) is 10.6 Å². The first-order valence-corrected chi connectivity index (χ1v) is 7.66. The minimum Gasteiger partial charge on any atom is -0.372 e. The summed E-state index contributed by atoms with van der Waals surface area (Å²) in [5.41, 5.74) is 0.521. The lowest BCUT2D eigenvalue weighted by Crippen LogP contribution is -2.38. The molecule has 1 amide bonds. The fourth-order valence-electron chi connectivity index (χ4n) is 2.81. The minimum absolute atomic E-state index is 0.0798. The predicted molar refractivity (Wildman–Crippen MR) is 82.3 cm³/mol. The normalized spacial score (nSPS) is 22.4. The van der Waals surface area contributed by atoms with Gasteiger partial charge in [0.2, 0.25) is 0 Å². The number of hydrogen-bond acceptors (Lipinski definition) is 3. The third-order valence-electron chi connectivity index (χ3n) is 4.04. The largest absolute Gasteiger partial charge is 0.372 e. The lowest BCUT2D eigenvalue weighted by atomic mass is 9.84. The van der Waals surface area contributed by atoms with E-state index in [0.717, 1.165) is 18.8 Å². The third kappa shape index (κ3) is 3.63. The van der Waals surface area contributed by atoms with Crippen molar-refractivity contribution < 1.29 is 4.79 Å². The van der Waals surface area contributed by atoms with Gasteiger partial charge in [-0.15, -0.1) is 0 Å². The quantitative estimate of drug-likeness (QED) is 0.894. The van der Waals surface area contributed by atoms with E-state index in [1.54, 1.807) is 19.3 Å². The lowest BCUT2D eigenvalue weighted by Gasteiger charge is -2.29. The highest BCUT2D eigenvalue weighted by molar-refractivity contribution is 6.33. The van der Waals surface area contributed by atoms with Gasteiger partial charge in [-0.2, -0.15) is 0 Å². The van der Waals surface area contributed by atoms with E-state index < -0.39 is 0 Å². The van der Waals surface area contributed by atoms with Gasteiger partial charge in [-0.05, 0) is 24.8 Å². The fourth-order valence-corrected chi connectivity index (χ4v) is 3.07. The molecule has 1 aliphatic carbocycles. The molecule has 4 nitrogen and oxygen atoms in total. The summed E-state index contributed by atoms with van der Waals surface area (Å²) in [5, 5.41) is 6.46. The SMILES string of the molecule is CCC1CCCC(NC(=O)c2cnc(NC)c(Cl)c2)C1. The van der Waals surface area contributed by atoms with Crippen molar-refractivity contribution in [2.24, 2.45) is 5.92 Å². The number of carbonyl (C=O) groups is 1. The maximum Gasteiger partial charge on any atom is 0.253 e. The number of aromatic nitrogens is 1. The Morgan fingerprint density at radius 1 is 1.50 bits per heavy atom. The Balaban J connectivity index is 1.99. The van der Waals surface area contributed by atoms with Crippen LogP contribution in [0.25, 0.3) is 0 Å². The Hall–Kier alpha value is -1.29. The van der Waals surface area contributed by atoms with Crippen molar-refractivity contribution in [1.29, 1.82) is 0 Å². The molecule has 0 aromatic carbocycles. The smallest absolute Gasteiger partial charge is 0.253 e. The zero-order chi connectivity index (χ0) is 14.5. The molecule has 0 radical (unpaired) electrons. The number of nitrogens with zero attached hydrogens (tertiary/aromatic N) is 1. The van der Waals surface area contributed by atoms with E-state index in [2.05, 4.69) is 22.5 Å². The second-order valence-corrected chi connectivity index (χ2v) is 5.82. The third-order valence-corrected chi connectivity index (χ3v) is 4.32. The van der Waals surface area contributed by atoms with Crippen LogP contribution in [0.3, 0.4) is 0 Å². The van der Waals surface area contributed by atoms with Crippen molar-refractivity contribution in [3.63, 3.8) is 0 Å². The van der Waals surface area contributed by atoms with Crippen LogP contribution in [0.5, 0.6) is 0 Å². The average molecular weight is 296 g/mol. The van der Waals surface area contributed by atoms with Crippen LogP contribution in [-0.4, -0.2) is 24.0 Å². The molecule has 0 bridgehead atoms. The van der Waals surface area contributed by atoms with Crippen molar-refractivity contribution in [1.82, 2.24) is 10.3 Å². The van der Waals surface area contributed by atoms with Crippen molar-refractivity contribution >= 4 is 23.3 Å². The van der Waals surface area contributed by atoms with Gasteiger partial charge in [0.1, 0.15) is 5.82 Å². The Bertz CT molecular complexity index is 478. The lowest BCUT2D eigenvalue weighted by molar-refractivity contribution is 0.0919. The molecule has 2 rings (SSSR count). The maximum absolute atomic E-state index is 12.2. The summed E-state index contributed by atoms with van der Waals surface area (Å²) in [7, 11) is 1.75.